The van der Waals surface area contributed by atoms with Crippen molar-refractivity contribution in [2.45, 2.75) is 56.0 Å². The van der Waals surface area contributed by atoms with Crippen molar-refractivity contribution in [2.75, 3.05) is 6.61 Å². The van der Waals surface area contributed by atoms with Gasteiger partial charge in [-0.3, -0.25) is 9.59 Å². The maximum atomic E-state index is 12.2. The molecule has 0 radical (unpaired) electrons. The van der Waals surface area contributed by atoms with E-state index in [-0.39, 0.29) is 17.2 Å². The van der Waals surface area contributed by atoms with Gasteiger partial charge in [-0.1, -0.05) is 0 Å². The highest BCUT2D eigenvalue weighted by Crippen LogP contribution is 2.50. The second-order valence-corrected chi connectivity index (χ2v) is 7.45. The molecule has 2 heterocycles. The second-order valence-electron chi connectivity index (χ2n) is 5.68. The summed E-state index contributed by atoms with van der Waals surface area (Å²) < 4.78 is 4.60. The van der Waals surface area contributed by atoms with Crippen LogP contribution in [0.4, 0.5) is 0 Å². The molecule has 0 aliphatic carbocycles. The SMILES string of the molecule is CCO[C@H](C)C(=O)N[C@H]1C(=O)N2[C@@H]1SC(C)(C)[C@H]2C(=O)O. The van der Waals surface area contributed by atoms with Gasteiger partial charge >= 0.3 is 5.97 Å². The third kappa shape index (κ3) is 2.62. The number of ether oxygens (including phenoxy) is 1. The summed E-state index contributed by atoms with van der Waals surface area (Å²) in [5.74, 6) is -1.72. The number of carbonyl (C=O) groups is 3. The number of fused-ring (bicyclic) bond motifs is 1. The van der Waals surface area contributed by atoms with E-state index in [4.69, 9.17) is 4.74 Å². The maximum absolute atomic E-state index is 12.2. The number of amides is 2. The number of hydrogen-bond donors (Lipinski definition) is 2. The summed E-state index contributed by atoms with van der Waals surface area (Å²) in [7, 11) is 0. The number of rotatable bonds is 5. The smallest absolute Gasteiger partial charge is 0.327 e. The molecule has 2 rings (SSSR count). The highest BCUT2D eigenvalue weighted by molar-refractivity contribution is 8.01. The van der Waals surface area contributed by atoms with E-state index < -0.39 is 28.9 Å². The fourth-order valence-corrected chi connectivity index (χ4v) is 4.37. The monoisotopic (exact) mass is 316 g/mol. The van der Waals surface area contributed by atoms with Crippen LogP contribution in [0.1, 0.15) is 27.7 Å². The Kier molecular flexibility index (Phi) is 4.21. The van der Waals surface area contributed by atoms with Gasteiger partial charge in [0.15, 0.2) is 0 Å². The Hall–Kier alpha value is -1.28. The molecule has 8 heteroatoms. The van der Waals surface area contributed by atoms with Gasteiger partial charge in [-0.05, 0) is 27.7 Å². The number of hydrogen-bond acceptors (Lipinski definition) is 5. The van der Waals surface area contributed by atoms with E-state index in [1.165, 1.54) is 16.7 Å². The number of carboxylic acid groups (broad SMARTS) is 1. The summed E-state index contributed by atoms with van der Waals surface area (Å²) in [4.78, 5) is 36.8. The molecule has 0 saturated carbocycles. The Bertz CT molecular complexity index is 481. The van der Waals surface area contributed by atoms with Crippen molar-refractivity contribution >= 4 is 29.5 Å². The predicted molar refractivity (Wildman–Crippen MR) is 76.7 cm³/mol. The van der Waals surface area contributed by atoms with Gasteiger partial charge in [0.2, 0.25) is 11.8 Å². The minimum Gasteiger partial charge on any atom is -0.480 e. The van der Waals surface area contributed by atoms with Crippen molar-refractivity contribution in [1.29, 1.82) is 0 Å². The molecule has 0 aromatic rings. The van der Waals surface area contributed by atoms with Crippen LogP contribution < -0.4 is 5.32 Å². The standard InChI is InChI=1S/C13H20N2O5S/c1-5-20-6(2)9(16)14-7-10(17)15-8(12(18)19)13(3,4)21-11(7)15/h6-8,11H,5H2,1-4H3,(H,14,16)(H,18,19)/t6-,7+,8-,11-/m1/s1. The predicted octanol–water partition coefficient (Wildman–Crippen LogP) is 0.0431. The Morgan fingerprint density at radius 3 is 2.67 bits per heavy atom. The van der Waals surface area contributed by atoms with Gasteiger partial charge in [-0.15, -0.1) is 11.8 Å². The van der Waals surface area contributed by atoms with E-state index >= 15 is 0 Å². The number of nitrogens with zero attached hydrogens (tertiary/aromatic N) is 1. The molecule has 2 saturated heterocycles. The zero-order valence-corrected chi connectivity index (χ0v) is 13.3. The molecule has 118 valence electrons. The molecule has 0 bridgehead atoms. The molecule has 0 aromatic heterocycles. The summed E-state index contributed by atoms with van der Waals surface area (Å²) in [6.07, 6.45) is -0.633. The lowest BCUT2D eigenvalue weighted by atomic mass is 9.96. The van der Waals surface area contributed by atoms with Crippen LogP contribution in [0.25, 0.3) is 0 Å². The maximum Gasteiger partial charge on any atom is 0.327 e. The number of carbonyl (C=O) groups excluding carboxylic acids is 2. The zero-order chi connectivity index (χ0) is 15.9. The van der Waals surface area contributed by atoms with Gasteiger partial charge in [-0.2, -0.15) is 0 Å². The normalized spacial score (nSPS) is 31.3. The van der Waals surface area contributed by atoms with Crippen molar-refractivity contribution < 1.29 is 24.2 Å². The largest absolute Gasteiger partial charge is 0.480 e. The molecular weight excluding hydrogens is 296 g/mol. The number of aliphatic carboxylic acids is 1. The van der Waals surface area contributed by atoms with Crippen molar-refractivity contribution in [3.05, 3.63) is 0 Å². The van der Waals surface area contributed by atoms with Crippen LogP contribution in [0.5, 0.6) is 0 Å². The van der Waals surface area contributed by atoms with E-state index in [0.29, 0.717) is 6.61 Å². The molecule has 4 atom stereocenters. The topological polar surface area (TPSA) is 95.9 Å². The van der Waals surface area contributed by atoms with Crippen LogP contribution >= 0.6 is 11.8 Å². The number of nitrogens with one attached hydrogen (secondary N) is 1. The second kappa shape index (κ2) is 5.49. The summed E-state index contributed by atoms with van der Waals surface area (Å²) in [5, 5.41) is 11.6. The van der Waals surface area contributed by atoms with E-state index in [1.807, 2.05) is 0 Å². The first-order chi connectivity index (χ1) is 9.70. The highest BCUT2D eigenvalue weighted by Gasteiger charge is 2.64. The third-order valence-electron chi connectivity index (χ3n) is 3.76. The van der Waals surface area contributed by atoms with Crippen LogP contribution in [0.3, 0.4) is 0 Å². The number of carboxylic acids is 1. The van der Waals surface area contributed by atoms with Crippen LogP contribution in [-0.2, 0) is 19.1 Å². The lowest BCUT2D eigenvalue weighted by Crippen LogP contribution is -2.71. The van der Waals surface area contributed by atoms with Crippen molar-refractivity contribution in [3.63, 3.8) is 0 Å². The van der Waals surface area contributed by atoms with E-state index in [2.05, 4.69) is 5.32 Å². The summed E-state index contributed by atoms with van der Waals surface area (Å²) in [5.41, 5.74) is 0. The van der Waals surface area contributed by atoms with Crippen LogP contribution in [0, 0.1) is 0 Å². The van der Waals surface area contributed by atoms with Gasteiger partial charge in [0.25, 0.3) is 0 Å². The van der Waals surface area contributed by atoms with Crippen molar-refractivity contribution in [3.8, 4) is 0 Å². The molecule has 2 N–H and O–H groups in total. The Morgan fingerprint density at radius 1 is 1.52 bits per heavy atom. The van der Waals surface area contributed by atoms with Gasteiger partial charge in [0.05, 0.1) is 0 Å². The molecule has 0 aromatic carbocycles. The third-order valence-corrected chi connectivity index (χ3v) is 5.33. The molecule has 7 nitrogen and oxygen atoms in total. The molecule has 21 heavy (non-hydrogen) atoms. The molecular formula is C13H20N2O5S. The molecule has 2 aliphatic rings. The number of thioether (sulfide) groups is 1. The Balaban J connectivity index is 2.06. The highest BCUT2D eigenvalue weighted by atomic mass is 32.2. The van der Waals surface area contributed by atoms with E-state index in [1.54, 1.807) is 27.7 Å². The summed E-state index contributed by atoms with van der Waals surface area (Å²) in [6.45, 7) is 7.40. The lowest BCUT2D eigenvalue weighted by Gasteiger charge is -2.43. The molecule has 0 spiro atoms. The molecule has 2 aliphatic heterocycles. The van der Waals surface area contributed by atoms with Crippen LogP contribution in [-0.4, -0.2) is 62.7 Å². The van der Waals surface area contributed by atoms with Crippen LogP contribution in [0.2, 0.25) is 0 Å². The van der Waals surface area contributed by atoms with E-state index in [0.717, 1.165) is 0 Å². The fourth-order valence-electron chi connectivity index (χ4n) is 2.74. The van der Waals surface area contributed by atoms with Crippen LogP contribution in [0.15, 0.2) is 0 Å². The fraction of sp³-hybridized carbons (Fsp3) is 0.769. The summed E-state index contributed by atoms with van der Waals surface area (Å²) in [6, 6.07) is -1.54. The number of β-lactam (4-membered cyclic amide) rings is 1. The van der Waals surface area contributed by atoms with Crippen molar-refractivity contribution in [2.24, 2.45) is 0 Å². The average molecular weight is 316 g/mol. The first kappa shape index (κ1) is 16.1. The first-order valence-corrected chi connectivity index (χ1v) is 7.73. The Labute approximate surface area is 127 Å². The minimum absolute atomic E-state index is 0.327. The molecule has 2 amide bonds. The van der Waals surface area contributed by atoms with E-state index in [9.17, 15) is 19.5 Å². The van der Waals surface area contributed by atoms with Gasteiger partial charge in [0.1, 0.15) is 23.6 Å². The lowest BCUT2D eigenvalue weighted by molar-refractivity contribution is -0.161. The molecule has 0 unspecified atom stereocenters. The van der Waals surface area contributed by atoms with Gasteiger partial charge in [-0.25, -0.2) is 4.79 Å². The zero-order valence-electron chi connectivity index (χ0n) is 12.5. The minimum atomic E-state index is -1.02. The Morgan fingerprint density at radius 2 is 2.14 bits per heavy atom. The van der Waals surface area contributed by atoms with Gasteiger partial charge < -0.3 is 20.1 Å². The van der Waals surface area contributed by atoms with Gasteiger partial charge in [0, 0.05) is 11.4 Å². The summed E-state index contributed by atoms with van der Waals surface area (Å²) >= 11 is 1.40. The quantitative estimate of drug-likeness (QED) is 0.696. The molecule has 2 fully saturated rings. The average Bonchev–Trinajstić information content (AvgIpc) is 2.64. The van der Waals surface area contributed by atoms with Crippen molar-refractivity contribution in [1.82, 2.24) is 10.2 Å². The first-order valence-electron chi connectivity index (χ1n) is 6.85.